The number of amides is 1. The van der Waals surface area contributed by atoms with Crippen molar-refractivity contribution in [3.63, 3.8) is 0 Å². The van der Waals surface area contributed by atoms with Crippen molar-refractivity contribution in [1.82, 2.24) is 0 Å². The second kappa shape index (κ2) is 7.23. The van der Waals surface area contributed by atoms with Crippen LogP contribution in [0.2, 0.25) is 0 Å². The highest BCUT2D eigenvalue weighted by molar-refractivity contribution is 6.17. The standard InChI is InChI=1S/C16H12N4O.C2H6/c17-9-10-2-1-3-11(6-10)14-8-16(21)20-15-7-12(18)4-5-13(15)19-14;1-2/h1-7H,8,18H2,(H,20,21);1-2H3. The van der Waals surface area contributed by atoms with E-state index >= 15 is 0 Å². The molecule has 3 N–H and O–H groups in total. The van der Waals surface area contributed by atoms with Crippen LogP contribution < -0.4 is 11.1 Å². The predicted octanol–water partition coefficient (Wildman–Crippen LogP) is 3.63. The van der Waals surface area contributed by atoms with Crippen LogP contribution in [0.25, 0.3) is 0 Å². The van der Waals surface area contributed by atoms with Crippen LogP contribution in [0, 0.1) is 11.3 Å². The molecule has 1 aliphatic rings. The lowest BCUT2D eigenvalue weighted by Gasteiger charge is -2.04. The third kappa shape index (κ3) is 3.74. The van der Waals surface area contributed by atoms with Gasteiger partial charge in [-0.3, -0.25) is 9.79 Å². The summed E-state index contributed by atoms with van der Waals surface area (Å²) in [5.74, 6) is -0.152. The van der Waals surface area contributed by atoms with Gasteiger partial charge in [0.05, 0.1) is 35.1 Å². The van der Waals surface area contributed by atoms with Crippen molar-refractivity contribution in [2.75, 3.05) is 11.1 Å². The number of hydrogen-bond acceptors (Lipinski definition) is 4. The number of nitriles is 1. The molecule has 1 amide bonds. The number of rotatable bonds is 1. The van der Waals surface area contributed by atoms with Crippen molar-refractivity contribution >= 4 is 28.7 Å². The molecule has 3 rings (SSSR count). The molecule has 0 spiro atoms. The number of anilines is 2. The molecule has 0 unspecified atom stereocenters. The van der Waals surface area contributed by atoms with Crippen molar-refractivity contribution in [3.05, 3.63) is 53.6 Å². The van der Waals surface area contributed by atoms with Gasteiger partial charge < -0.3 is 11.1 Å². The summed E-state index contributed by atoms with van der Waals surface area (Å²) in [4.78, 5) is 16.5. The lowest BCUT2D eigenvalue weighted by molar-refractivity contribution is -0.115. The van der Waals surface area contributed by atoms with E-state index in [1.54, 1.807) is 36.4 Å². The lowest BCUT2D eigenvalue weighted by Crippen LogP contribution is -2.15. The molecular weight excluding hydrogens is 288 g/mol. The minimum atomic E-state index is -0.152. The van der Waals surface area contributed by atoms with Gasteiger partial charge >= 0.3 is 0 Å². The molecule has 23 heavy (non-hydrogen) atoms. The summed E-state index contributed by atoms with van der Waals surface area (Å²) in [6, 6.07) is 14.4. The number of carbonyl (C=O) groups is 1. The molecule has 116 valence electrons. The average Bonchev–Trinajstić information content (AvgIpc) is 2.74. The SMILES string of the molecule is CC.N#Cc1cccc(C2=Nc3ccc(N)cc3NC(=O)C2)c1. The van der Waals surface area contributed by atoms with Gasteiger partial charge in [-0.15, -0.1) is 0 Å². The van der Waals surface area contributed by atoms with Gasteiger partial charge in [0, 0.05) is 5.69 Å². The van der Waals surface area contributed by atoms with E-state index < -0.39 is 0 Å². The average molecular weight is 306 g/mol. The molecule has 0 fully saturated rings. The maximum atomic E-state index is 12.0. The van der Waals surface area contributed by atoms with Crippen LogP contribution in [0.3, 0.4) is 0 Å². The number of carbonyl (C=O) groups excluding carboxylic acids is 1. The quantitative estimate of drug-likeness (QED) is 0.788. The zero-order valence-corrected chi connectivity index (χ0v) is 13.1. The fraction of sp³-hybridized carbons (Fsp3) is 0.167. The molecule has 0 radical (unpaired) electrons. The van der Waals surface area contributed by atoms with E-state index in [1.165, 1.54) is 0 Å². The highest BCUT2D eigenvalue weighted by Crippen LogP contribution is 2.30. The zero-order chi connectivity index (χ0) is 16.8. The number of aliphatic imine (C=N–C) groups is 1. The fourth-order valence-electron chi connectivity index (χ4n) is 2.22. The van der Waals surface area contributed by atoms with Crippen molar-refractivity contribution < 1.29 is 4.79 Å². The minimum absolute atomic E-state index is 0.152. The Morgan fingerprint density at radius 2 is 2.00 bits per heavy atom. The molecule has 1 heterocycles. The Morgan fingerprint density at radius 3 is 2.74 bits per heavy atom. The topological polar surface area (TPSA) is 91.3 Å². The predicted molar refractivity (Wildman–Crippen MR) is 92.8 cm³/mol. The van der Waals surface area contributed by atoms with Crippen molar-refractivity contribution in [2.45, 2.75) is 20.3 Å². The van der Waals surface area contributed by atoms with Gasteiger partial charge in [-0.25, -0.2) is 0 Å². The van der Waals surface area contributed by atoms with Crippen molar-refractivity contribution in [2.24, 2.45) is 4.99 Å². The van der Waals surface area contributed by atoms with E-state index in [0.29, 0.717) is 28.3 Å². The summed E-state index contributed by atoms with van der Waals surface area (Å²) in [5, 5.41) is 11.8. The summed E-state index contributed by atoms with van der Waals surface area (Å²) >= 11 is 0. The number of benzene rings is 2. The Labute approximate surface area is 135 Å². The van der Waals surface area contributed by atoms with E-state index in [-0.39, 0.29) is 12.3 Å². The Bertz CT molecular complexity index is 803. The van der Waals surface area contributed by atoms with Crippen LogP contribution in [0.1, 0.15) is 31.4 Å². The van der Waals surface area contributed by atoms with Crippen molar-refractivity contribution in [3.8, 4) is 6.07 Å². The highest BCUT2D eigenvalue weighted by Gasteiger charge is 2.17. The fourth-order valence-corrected chi connectivity index (χ4v) is 2.22. The third-order valence-electron chi connectivity index (χ3n) is 3.20. The van der Waals surface area contributed by atoms with Gasteiger partial charge in [-0.2, -0.15) is 5.26 Å². The van der Waals surface area contributed by atoms with Gasteiger partial charge in [-0.05, 0) is 35.9 Å². The first-order valence-corrected chi connectivity index (χ1v) is 7.43. The number of nitrogens with zero attached hydrogens (tertiary/aromatic N) is 2. The summed E-state index contributed by atoms with van der Waals surface area (Å²) < 4.78 is 0. The van der Waals surface area contributed by atoms with Crippen LogP contribution in [-0.2, 0) is 4.79 Å². The summed E-state index contributed by atoms with van der Waals surface area (Å²) in [7, 11) is 0. The van der Waals surface area contributed by atoms with Crippen LogP contribution in [0.15, 0.2) is 47.5 Å². The van der Waals surface area contributed by atoms with Crippen LogP contribution in [0.4, 0.5) is 17.1 Å². The largest absolute Gasteiger partial charge is 0.399 e. The Kier molecular flexibility index (Phi) is 5.11. The molecule has 0 aromatic heterocycles. The van der Waals surface area contributed by atoms with E-state index in [0.717, 1.165) is 5.56 Å². The first-order chi connectivity index (χ1) is 11.2. The van der Waals surface area contributed by atoms with Gasteiger partial charge in [0.2, 0.25) is 5.91 Å². The first kappa shape index (κ1) is 16.2. The molecule has 5 heteroatoms. The second-order valence-electron chi connectivity index (χ2n) is 4.75. The normalized spacial score (nSPS) is 12.6. The Hall–Kier alpha value is -3.13. The highest BCUT2D eigenvalue weighted by atomic mass is 16.1. The number of nitrogens with one attached hydrogen (secondary N) is 1. The minimum Gasteiger partial charge on any atom is -0.399 e. The summed E-state index contributed by atoms with van der Waals surface area (Å²) in [6.07, 6.45) is 0.156. The summed E-state index contributed by atoms with van der Waals surface area (Å²) in [6.45, 7) is 4.00. The summed E-state index contributed by atoms with van der Waals surface area (Å²) in [5.41, 5.74) is 9.50. The maximum Gasteiger partial charge on any atom is 0.230 e. The molecule has 0 saturated heterocycles. The molecule has 5 nitrogen and oxygen atoms in total. The number of nitrogen functional groups attached to an aromatic ring is 1. The molecule has 2 aromatic carbocycles. The van der Waals surface area contributed by atoms with Crippen LogP contribution in [0.5, 0.6) is 0 Å². The molecule has 2 aromatic rings. The van der Waals surface area contributed by atoms with Gasteiger partial charge in [0.1, 0.15) is 0 Å². The number of nitrogens with two attached hydrogens (primary N) is 1. The Balaban J connectivity index is 0.000000924. The molecule has 1 aliphatic heterocycles. The van der Waals surface area contributed by atoms with E-state index in [4.69, 9.17) is 11.0 Å². The number of hydrogen-bond donors (Lipinski definition) is 2. The second-order valence-corrected chi connectivity index (χ2v) is 4.75. The molecule has 0 atom stereocenters. The monoisotopic (exact) mass is 306 g/mol. The van der Waals surface area contributed by atoms with E-state index in [2.05, 4.69) is 16.4 Å². The zero-order valence-electron chi connectivity index (χ0n) is 13.1. The lowest BCUT2D eigenvalue weighted by atomic mass is 10.0. The van der Waals surface area contributed by atoms with Crippen molar-refractivity contribution in [1.29, 1.82) is 5.26 Å². The first-order valence-electron chi connectivity index (χ1n) is 7.43. The smallest absolute Gasteiger partial charge is 0.230 e. The van der Waals surface area contributed by atoms with Crippen LogP contribution >= 0.6 is 0 Å². The van der Waals surface area contributed by atoms with Gasteiger partial charge in [0.15, 0.2) is 0 Å². The van der Waals surface area contributed by atoms with Gasteiger partial charge in [-0.1, -0.05) is 26.0 Å². The van der Waals surface area contributed by atoms with Crippen LogP contribution in [-0.4, -0.2) is 11.6 Å². The molecular formula is C18H18N4O. The van der Waals surface area contributed by atoms with Gasteiger partial charge in [0.25, 0.3) is 0 Å². The maximum absolute atomic E-state index is 12.0. The molecule has 0 aliphatic carbocycles. The molecule has 0 bridgehead atoms. The Morgan fingerprint density at radius 1 is 1.22 bits per heavy atom. The molecule has 0 saturated carbocycles. The third-order valence-corrected chi connectivity index (χ3v) is 3.20. The number of fused-ring (bicyclic) bond motifs is 1. The van der Waals surface area contributed by atoms with E-state index in [9.17, 15) is 4.79 Å². The van der Waals surface area contributed by atoms with E-state index in [1.807, 2.05) is 19.9 Å².